The average molecular weight is 555 g/mol. The SMILES string of the molecule is CCOc1cc(/C=C2\SC(=S)N(Cc3ccccc3)C2=O)cc(Br)c1OC(C)c1ccccc1. The second-order valence-corrected chi connectivity index (χ2v) is 10.2. The number of amides is 1. The second-order valence-electron chi connectivity index (χ2n) is 7.69. The highest BCUT2D eigenvalue weighted by Crippen LogP contribution is 2.41. The van der Waals surface area contributed by atoms with Crippen molar-refractivity contribution < 1.29 is 14.3 Å². The van der Waals surface area contributed by atoms with E-state index in [9.17, 15) is 4.79 Å². The highest BCUT2D eigenvalue weighted by molar-refractivity contribution is 9.10. The molecule has 1 fully saturated rings. The Morgan fingerprint density at radius 3 is 2.44 bits per heavy atom. The van der Waals surface area contributed by atoms with E-state index in [0.29, 0.717) is 33.9 Å². The van der Waals surface area contributed by atoms with E-state index in [0.717, 1.165) is 21.2 Å². The number of hydrogen-bond donors (Lipinski definition) is 0. The standard InChI is InChI=1S/C27H24BrNO3S2/c1-3-31-23-15-20(14-22(28)25(23)32-18(2)21-12-8-5-9-13-21)16-24-26(30)29(27(33)34-24)17-19-10-6-4-7-11-19/h4-16,18H,3,17H2,1-2H3/b24-16-. The van der Waals surface area contributed by atoms with Crippen molar-refractivity contribution in [2.24, 2.45) is 0 Å². The number of halogens is 1. The van der Waals surface area contributed by atoms with Crippen LogP contribution in [-0.2, 0) is 11.3 Å². The van der Waals surface area contributed by atoms with Gasteiger partial charge in [0.05, 0.1) is 22.5 Å². The summed E-state index contributed by atoms with van der Waals surface area (Å²) in [7, 11) is 0. The molecule has 1 atom stereocenters. The Hall–Kier alpha value is -2.61. The molecule has 1 saturated heterocycles. The molecular formula is C27H24BrNO3S2. The van der Waals surface area contributed by atoms with Gasteiger partial charge in [0, 0.05) is 0 Å². The van der Waals surface area contributed by atoms with Crippen LogP contribution >= 0.6 is 39.9 Å². The van der Waals surface area contributed by atoms with Crippen LogP contribution in [0.25, 0.3) is 6.08 Å². The van der Waals surface area contributed by atoms with E-state index in [2.05, 4.69) is 15.9 Å². The van der Waals surface area contributed by atoms with Crippen LogP contribution in [0.5, 0.6) is 11.5 Å². The van der Waals surface area contributed by atoms with Crippen LogP contribution in [0, 0.1) is 0 Å². The van der Waals surface area contributed by atoms with Gasteiger partial charge in [-0.05, 0) is 64.7 Å². The lowest BCUT2D eigenvalue weighted by Crippen LogP contribution is -2.27. The Balaban J connectivity index is 1.58. The van der Waals surface area contributed by atoms with Crippen LogP contribution < -0.4 is 9.47 Å². The van der Waals surface area contributed by atoms with E-state index in [1.807, 2.05) is 92.7 Å². The van der Waals surface area contributed by atoms with E-state index in [-0.39, 0.29) is 12.0 Å². The quantitative estimate of drug-likeness (QED) is 0.215. The van der Waals surface area contributed by atoms with Gasteiger partial charge in [0.25, 0.3) is 5.91 Å². The van der Waals surface area contributed by atoms with Gasteiger partial charge in [0.2, 0.25) is 0 Å². The Morgan fingerprint density at radius 2 is 1.76 bits per heavy atom. The first-order valence-corrected chi connectivity index (χ1v) is 12.9. The molecule has 34 heavy (non-hydrogen) atoms. The molecule has 3 aromatic carbocycles. The van der Waals surface area contributed by atoms with Crippen molar-refractivity contribution >= 4 is 56.2 Å². The first-order chi connectivity index (χ1) is 16.5. The molecule has 1 aliphatic rings. The molecule has 0 aromatic heterocycles. The summed E-state index contributed by atoms with van der Waals surface area (Å²) in [5, 5.41) is 0. The molecule has 1 amide bonds. The zero-order valence-electron chi connectivity index (χ0n) is 18.9. The number of rotatable bonds is 8. The molecule has 0 bridgehead atoms. The van der Waals surface area contributed by atoms with Gasteiger partial charge in [-0.1, -0.05) is 84.6 Å². The summed E-state index contributed by atoms with van der Waals surface area (Å²) < 4.78 is 13.5. The van der Waals surface area contributed by atoms with Crippen molar-refractivity contribution in [1.82, 2.24) is 4.90 Å². The van der Waals surface area contributed by atoms with E-state index >= 15 is 0 Å². The average Bonchev–Trinajstić information content (AvgIpc) is 3.10. The second kappa shape index (κ2) is 11.2. The summed E-state index contributed by atoms with van der Waals surface area (Å²) in [6, 6.07) is 23.7. The van der Waals surface area contributed by atoms with Crippen molar-refractivity contribution in [3.63, 3.8) is 0 Å². The summed E-state index contributed by atoms with van der Waals surface area (Å²) in [5.41, 5.74) is 2.94. The van der Waals surface area contributed by atoms with Crippen LogP contribution in [-0.4, -0.2) is 21.7 Å². The van der Waals surface area contributed by atoms with Crippen molar-refractivity contribution in [1.29, 1.82) is 0 Å². The van der Waals surface area contributed by atoms with Gasteiger partial charge in [-0.2, -0.15) is 0 Å². The van der Waals surface area contributed by atoms with Crippen molar-refractivity contribution in [3.05, 3.63) is 98.9 Å². The molecule has 1 unspecified atom stereocenters. The zero-order chi connectivity index (χ0) is 24.1. The fourth-order valence-corrected chi connectivity index (χ4v) is 5.38. The predicted molar refractivity (Wildman–Crippen MR) is 146 cm³/mol. The van der Waals surface area contributed by atoms with Crippen molar-refractivity contribution in [3.8, 4) is 11.5 Å². The Morgan fingerprint density at radius 1 is 1.09 bits per heavy atom. The maximum atomic E-state index is 13.1. The monoisotopic (exact) mass is 553 g/mol. The molecule has 4 rings (SSSR count). The molecule has 0 spiro atoms. The zero-order valence-corrected chi connectivity index (χ0v) is 22.1. The summed E-state index contributed by atoms with van der Waals surface area (Å²) in [5.74, 6) is 1.16. The number of thioether (sulfide) groups is 1. The number of ether oxygens (including phenoxy) is 2. The first-order valence-electron chi connectivity index (χ1n) is 10.9. The Labute approximate surface area is 218 Å². The smallest absolute Gasteiger partial charge is 0.266 e. The van der Waals surface area contributed by atoms with Gasteiger partial charge >= 0.3 is 0 Å². The van der Waals surface area contributed by atoms with Gasteiger partial charge in [0.1, 0.15) is 10.4 Å². The number of carbonyl (C=O) groups is 1. The van der Waals surface area contributed by atoms with Crippen LogP contribution in [0.2, 0.25) is 0 Å². The molecule has 0 aliphatic carbocycles. The van der Waals surface area contributed by atoms with Crippen LogP contribution in [0.4, 0.5) is 0 Å². The molecule has 1 heterocycles. The molecule has 174 valence electrons. The molecule has 7 heteroatoms. The third kappa shape index (κ3) is 5.71. The highest BCUT2D eigenvalue weighted by atomic mass is 79.9. The highest BCUT2D eigenvalue weighted by Gasteiger charge is 2.32. The fourth-order valence-electron chi connectivity index (χ4n) is 3.57. The van der Waals surface area contributed by atoms with E-state index in [1.165, 1.54) is 11.8 Å². The lowest BCUT2D eigenvalue weighted by Gasteiger charge is -2.19. The Kier molecular flexibility index (Phi) is 8.08. The van der Waals surface area contributed by atoms with E-state index < -0.39 is 0 Å². The van der Waals surface area contributed by atoms with Gasteiger partial charge in [-0.3, -0.25) is 9.69 Å². The number of thiocarbonyl (C=S) groups is 1. The largest absolute Gasteiger partial charge is 0.490 e. The number of hydrogen-bond acceptors (Lipinski definition) is 5. The lowest BCUT2D eigenvalue weighted by molar-refractivity contribution is -0.122. The van der Waals surface area contributed by atoms with E-state index in [4.69, 9.17) is 21.7 Å². The molecule has 1 aliphatic heterocycles. The summed E-state index contributed by atoms with van der Waals surface area (Å²) in [4.78, 5) is 15.3. The minimum absolute atomic E-state index is 0.0917. The van der Waals surface area contributed by atoms with Crippen LogP contribution in [0.1, 0.15) is 36.6 Å². The molecule has 4 nitrogen and oxygen atoms in total. The van der Waals surface area contributed by atoms with Crippen LogP contribution in [0.3, 0.4) is 0 Å². The predicted octanol–water partition coefficient (Wildman–Crippen LogP) is 7.39. The van der Waals surface area contributed by atoms with Gasteiger partial charge in [-0.25, -0.2) is 0 Å². The minimum Gasteiger partial charge on any atom is -0.490 e. The van der Waals surface area contributed by atoms with E-state index in [1.54, 1.807) is 4.90 Å². The lowest BCUT2D eigenvalue weighted by atomic mass is 10.1. The number of nitrogens with zero attached hydrogens (tertiary/aromatic N) is 1. The third-order valence-electron chi connectivity index (χ3n) is 5.25. The number of benzene rings is 3. The summed E-state index contributed by atoms with van der Waals surface area (Å²) in [6.45, 7) is 4.88. The minimum atomic E-state index is -0.156. The summed E-state index contributed by atoms with van der Waals surface area (Å²) >= 11 is 10.4. The topological polar surface area (TPSA) is 38.8 Å². The van der Waals surface area contributed by atoms with Gasteiger partial charge in [-0.15, -0.1) is 0 Å². The fraction of sp³-hybridized carbons (Fsp3) is 0.185. The number of carbonyl (C=O) groups excluding carboxylic acids is 1. The van der Waals surface area contributed by atoms with Gasteiger partial charge < -0.3 is 9.47 Å². The normalized spacial score (nSPS) is 15.6. The van der Waals surface area contributed by atoms with Crippen molar-refractivity contribution in [2.45, 2.75) is 26.5 Å². The first kappa shape index (κ1) is 24.5. The molecule has 0 N–H and O–H groups in total. The molecule has 0 radical (unpaired) electrons. The van der Waals surface area contributed by atoms with Crippen molar-refractivity contribution in [2.75, 3.05) is 6.61 Å². The summed E-state index contributed by atoms with van der Waals surface area (Å²) in [6.07, 6.45) is 1.69. The van der Waals surface area contributed by atoms with Gasteiger partial charge in [0.15, 0.2) is 11.5 Å². The third-order valence-corrected chi connectivity index (χ3v) is 7.22. The molecule has 3 aromatic rings. The van der Waals surface area contributed by atoms with Crippen LogP contribution in [0.15, 0.2) is 82.2 Å². The molecule has 0 saturated carbocycles. The maximum Gasteiger partial charge on any atom is 0.266 e. The maximum absolute atomic E-state index is 13.1. The molecular weight excluding hydrogens is 530 g/mol. The Bertz CT molecular complexity index is 1220.